The summed E-state index contributed by atoms with van der Waals surface area (Å²) in [5, 5.41) is 0. The van der Waals surface area contributed by atoms with Crippen molar-refractivity contribution in [3.63, 3.8) is 0 Å². The van der Waals surface area contributed by atoms with E-state index in [2.05, 4.69) is 129 Å². The molecule has 2 fully saturated rings. The third kappa shape index (κ3) is 13.4. The Bertz CT molecular complexity index is 1940. The fourth-order valence-corrected chi connectivity index (χ4v) is 14.1. The number of hydrogen-bond donors (Lipinski definition) is 0. The summed E-state index contributed by atoms with van der Waals surface area (Å²) in [4.78, 5) is 0. The zero-order chi connectivity index (χ0) is 51.1. The number of hydrogen-bond acceptors (Lipinski definition) is 2. The van der Waals surface area contributed by atoms with E-state index in [0.717, 1.165) is 11.5 Å². The van der Waals surface area contributed by atoms with Crippen LogP contribution in [0.5, 0.6) is 11.5 Å². The predicted molar refractivity (Wildman–Crippen MR) is 304 cm³/mol. The molecule has 400 valence electrons. The summed E-state index contributed by atoms with van der Waals surface area (Å²) in [5.74, 6) is 2.01. The van der Waals surface area contributed by atoms with Gasteiger partial charge in [0.2, 0.25) is 12.1 Å². The lowest BCUT2D eigenvalue weighted by Crippen LogP contribution is -2.60. The molecule has 71 heavy (non-hydrogen) atoms. The van der Waals surface area contributed by atoms with E-state index >= 15 is 0 Å². The van der Waals surface area contributed by atoms with E-state index in [1.165, 1.54) is 262 Å². The Morgan fingerprint density at radius 2 is 0.746 bits per heavy atom. The molecule has 2 aromatic rings. The van der Waals surface area contributed by atoms with Crippen LogP contribution in [-0.4, -0.2) is 101 Å². The van der Waals surface area contributed by atoms with Crippen molar-refractivity contribution in [2.75, 3.05) is 52.4 Å². The second-order valence-corrected chi connectivity index (χ2v) is 24.8. The van der Waals surface area contributed by atoms with E-state index in [9.17, 15) is 0 Å². The van der Waals surface area contributed by atoms with Crippen LogP contribution >= 0.6 is 0 Å². The number of benzene rings is 2. The van der Waals surface area contributed by atoms with Crippen molar-refractivity contribution in [1.82, 2.24) is 0 Å². The van der Waals surface area contributed by atoms with Gasteiger partial charge >= 0.3 is 6.03 Å². The fraction of sp³-hybridized carbons (Fsp3) is 0.785. The summed E-state index contributed by atoms with van der Waals surface area (Å²) in [5.41, 5.74) is 8.23. The molecule has 3 aliphatic heterocycles. The Morgan fingerprint density at radius 3 is 1.06 bits per heavy atom. The minimum atomic E-state index is -1.01. The first kappa shape index (κ1) is 57.6. The largest absolute Gasteiger partial charge is 0.704 e. The van der Waals surface area contributed by atoms with Crippen molar-refractivity contribution >= 4 is 12.4 Å². The highest BCUT2D eigenvalue weighted by Gasteiger charge is 2.76. The lowest BCUT2D eigenvalue weighted by Gasteiger charge is -2.42. The molecule has 6 rings (SSSR count). The highest BCUT2D eigenvalue weighted by atomic mass is 16.7. The number of quaternary nitrogens is 2. The van der Waals surface area contributed by atoms with Crippen LogP contribution in [0.15, 0.2) is 24.3 Å². The number of fused-ring (bicyclic) bond motifs is 5. The molecule has 0 amide bonds. The molecule has 1 aliphatic carbocycles. The summed E-state index contributed by atoms with van der Waals surface area (Å²) in [6.07, 6.45) is 38.2. The molecule has 1 spiro atoms. The normalized spacial score (nSPS) is 19.8. The van der Waals surface area contributed by atoms with E-state index in [0.29, 0.717) is 12.1 Å². The first-order valence-corrected chi connectivity index (χ1v) is 30.9. The summed E-state index contributed by atoms with van der Waals surface area (Å²) in [7, 11) is 0. The first-order valence-electron chi connectivity index (χ1n) is 30.9. The molecular weight excluding hydrogens is 869 g/mol. The maximum Gasteiger partial charge on any atom is 0.704 e. The summed E-state index contributed by atoms with van der Waals surface area (Å²) >= 11 is 0. The second-order valence-electron chi connectivity index (χ2n) is 24.8. The van der Waals surface area contributed by atoms with Crippen molar-refractivity contribution in [2.45, 2.75) is 279 Å². The van der Waals surface area contributed by atoms with Crippen molar-refractivity contribution < 1.29 is 27.6 Å². The number of ether oxygens (including phenoxy) is 2. The molecule has 3 heterocycles. The van der Waals surface area contributed by atoms with Crippen LogP contribution in [0.2, 0.25) is 0 Å². The van der Waals surface area contributed by atoms with E-state index in [1.807, 2.05) is 0 Å². The van der Waals surface area contributed by atoms with E-state index in [4.69, 9.17) is 9.47 Å². The van der Waals surface area contributed by atoms with E-state index in [-0.39, 0.29) is 10.8 Å². The van der Waals surface area contributed by atoms with Crippen molar-refractivity contribution in [3.05, 3.63) is 57.6 Å². The molecule has 0 bridgehead atoms. The molecule has 3 atom stereocenters. The van der Waals surface area contributed by atoms with Gasteiger partial charge in [0.05, 0.1) is 63.5 Å². The van der Waals surface area contributed by atoms with Gasteiger partial charge in [-0.3, -0.25) is 0 Å². The number of rotatable bonds is 34. The van der Waals surface area contributed by atoms with Crippen LogP contribution in [0.3, 0.4) is 0 Å². The Morgan fingerprint density at radius 1 is 0.451 bits per heavy atom. The molecule has 0 N–H and O–H groups in total. The topological polar surface area (TPSA) is 24.5 Å². The number of unbranched alkanes of at least 4 members (excludes halogenated alkanes) is 8. The zero-order valence-electron chi connectivity index (χ0n) is 48.8. The molecule has 0 radical (unpaired) electrons. The van der Waals surface area contributed by atoms with Crippen LogP contribution in [-0.2, 0) is 10.8 Å². The summed E-state index contributed by atoms with van der Waals surface area (Å²) < 4.78 is 22.9. The quantitative estimate of drug-likeness (QED) is 0.0516. The Labute approximate surface area is 438 Å². The maximum absolute atomic E-state index is 7.59. The third-order valence-corrected chi connectivity index (χ3v) is 18.9. The zero-order valence-corrected chi connectivity index (χ0v) is 48.8. The van der Waals surface area contributed by atoms with Crippen molar-refractivity contribution in [1.29, 1.82) is 0 Å². The molecule has 1 unspecified atom stereocenters. The maximum atomic E-state index is 7.59. The van der Waals surface area contributed by atoms with Crippen LogP contribution < -0.4 is 9.47 Å². The third-order valence-electron chi connectivity index (χ3n) is 18.9. The van der Waals surface area contributed by atoms with Crippen LogP contribution in [0.25, 0.3) is 0 Å². The molecule has 6 heteroatoms. The highest BCUT2D eigenvalue weighted by Crippen LogP contribution is 2.48. The second kappa shape index (κ2) is 26.7. The van der Waals surface area contributed by atoms with Gasteiger partial charge in [-0.1, -0.05) is 155 Å². The molecular formula is C65H112N4O2+4. The van der Waals surface area contributed by atoms with Gasteiger partial charge in [0.1, 0.15) is 0 Å². The predicted octanol–water partition coefficient (Wildman–Crippen LogP) is 16.5. The minimum absolute atomic E-state index is 0.0741. The van der Waals surface area contributed by atoms with Crippen LogP contribution in [0.1, 0.15) is 270 Å². The molecule has 1 saturated carbocycles. The molecule has 6 nitrogen and oxygen atoms in total. The summed E-state index contributed by atoms with van der Waals surface area (Å²) in [6, 6.07) is 9.82. The summed E-state index contributed by atoms with van der Waals surface area (Å²) in [6.45, 7) is 39.6. The molecule has 1 saturated heterocycles. The monoisotopic (exact) mass is 981 g/mol. The fourth-order valence-electron chi connectivity index (χ4n) is 14.1. The first-order chi connectivity index (χ1) is 34.3. The molecule has 2 aromatic carbocycles. The van der Waals surface area contributed by atoms with Gasteiger partial charge in [-0.15, -0.1) is 0 Å². The highest BCUT2D eigenvalue weighted by molar-refractivity contribution is 5.84. The van der Waals surface area contributed by atoms with Gasteiger partial charge in [0.25, 0.3) is 0 Å². The number of nitrogens with zero attached hydrogens (tertiary/aromatic N) is 4. The lowest BCUT2D eigenvalue weighted by atomic mass is 9.73. The van der Waals surface area contributed by atoms with Gasteiger partial charge in [-0.05, 0) is 149 Å². The van der Waals surface area contributed by atoms with E-state index in [1.54, 1.807) is 0 Å². The van der Waals surface area contributed by atoms with Crippen LogP contribution in [0.4, 0.5) is 0 Å². The minimum Gasteiger partial charge on any atom is -0.340 e. The van der Waals surface area contributed by atoms with Crippen molar-refractivity contribution in [3.8, 4) is 11.5 Å². The standard InChI is InChI=1S/C65H112N4O2/c1-13-21-35-63(11,36-22-14-2)57-47-53(9)61-55(49-57)51-66-59-33-29-30-34-60(59)67-52-56-50-58(48-54(10)62(56)71-65(66,67)70-61)64(12,37-31-45-68(39-23-15-3,40-24-16-4)41-25-17-5)38-32-46-69(42-26-18-6,43-27-19-7)44-28-20-8/h47-52,59-60H,13-46H2,1-12H3/q+4/t59-,60-,65?/m1/s1. The van der Waals surface area contributed by atoms with Crippen LogP contribution in [0, 0.1) is 13.8 Å². The van der Waals surface area contributed by atoms with Crippen molar-refractivity contribution in [2.24, 2.45) is 0 Å². The Hall–Kier alpha value is -2.70. The van der Waals surface area contributed by atoms with Gasteiger partial charge in [0.15, 0.2) is 23.9 Å². The SMILES string of the molecule is CCCCC(C)(CCCC)c1cc(C)c2c(c1)C=[N+]1[C@@H]3CCCC[C@H]3[N+]3=Cc4cc(C(C)(CCC[N+](CCCC)(CCCC)CCCC)CCC[N+](CCCC)(CCCC)CCCC)cc(C)c4OC13O2. The smallest absolute Gasteiger partial charge is 0.340 e. The average Bonchev–Trinajstić information content (AvgIpc) is 3.65. The Balaban J connectivity index is 1.40. The van der Waals surface area contributed by atoms with Gasteiger partial charge in [-0.2, -0.15) is 0 Å². The molecule has 4 aliphatic rings. The lowest BCUT2D eigenvalue weighted by molar-refractivity contribution is -0.929. The number of aryl methyl sites for hydroxylation is 2. The van der Waals surface area contributed by atoms with Gasteiger partial charge in [0, 0.05) is 12.8 Å². The van der Waals surface area contributed by atoms with E-state index < -0.39 is 6.03 Å². The van der Waals surface area contributed by atoms with Gasteiger partial charge < -0.3 is 18.4 Å². The average molecular weight is 982 g/mol. The molecule has 0 aromatic heterocycles. The Kier molecular flexibility index (Phi) is 21.6. The van der Waals surface area contributed by atoms with Gasteiger partial charge in [-0.25, -0.2) is 0 Å².